The van der Waals surface area contributed by atoms with Gasteiger partial charge in [-0.3, -0.25) is 5.32 Å². The van der Waals surface area contributed by atoms with E-state index >= 15 is 0 Å². The van der Waals surface area contributed by atoms with E-state index in [0.717, 1.165) is 16.3 Å². The van der Waals surface area contributed by atoms with Crippen LogP contribution in [0.5, 0.6) is 5.75 Å². The number of hydrogen-bond acceptors (Lipinski definition) is 2. The fraction of sp³-hybridized carbons (Fsp3) is 0.200. The Labute approximate surface area is 101 Å². The first kappa shape index (κ1) is 11.5. The van der Waals surface area contributed by atoms with Crippen molar-refractivity contribution >= 4 is 10.8 Å². The molecule has 2 heteroatoms. The SMILES string of the molecule is C#CCNC(C)c1ccc2ccccc2c1O. The Bertz CT molecular complexity index is 569. The monoisotopic (exact) mass is 225 g/mol. The van der Waals surface area contributed by atoms with Gasteiger partial charge in [-0.1, -0.05) is 42.3 Å². The van der Waals surface area contributed by atoms with E-state index in [9.17, 15) is 5.11 Å². The number of benzene rings is 2. The van der Waals surface area contributed by atoms with Crippen LogP contribution in [0.15, 0.2) is 36.4 Å². The zero-order chi connectivity index (χ0) is 12.3. The van der Waals surface area contributed by atoms with Crippen LogP contribution in [-0.4, -0.2) is 11.7 Å². The van der Waals surface area contributed by atoms with Crippen molar-refractivity contribution in [3.63, 3.8) is 0 Å². The minimum atomic E-state index is 0.0376. The summed E-state index contributed by atoms with van der Waals surface area (Å²) in [5.41, 5.74) is 0.874. The predicted octanol–water partition coefficient (Wildman–Crippen LogP) is 2.83. The van der Waals surface area contributed by atoms with Gasteiger partial charge in [-0.25, -0.2) is 0 Å². The van der Waals surface area contributed by atoms with Crippen molar-refractivity contribution in [2.75, 3.05) is 6.54 Å². The average Bonchev–Trinajstić information content (AvgIpc) is 2.37. The van der Waals surface area contributed by atoms with Crippen LogP contribution in [0.25, 0.3) is 10.8 Å². The maximum absolute atomic E-state index is 10.2. The van der Waals surface area contributed by atoms with Crippen molar-refractivity contribution in [2.45, 2.75) is 13.0 Å². The molecule has 86 valence electrons. The zero-order valence-electron chi connectivity index (χ0n) is 9.77. The summed E-state index contributed by atoms with van der Waals surface area (Å²) in [6, 6.07) is 11.8. The van der Waals surface area contributed by atoms with Crippen molar-refractivity contribution < 1.29 is 5.11 Å². The molecule has 0 aliphatic heterocycles. The van der Waals surface area contributed by atoms with Gasteiger partial charge in [0.2, 0.25) is 0 Å². The molecule has 0 spiro atoms. The molecule has 1 unspecified atom stereocenters. The number of phenols is 1. The van der Waals surface area contributed by atoms with Crippen LogP contribution >= 0.6 is 0 Å². The standard InChI is InChI=1S/C15H15NO/c1-3-10-16-11(2)13-9-8-12-6-4-5-7-14(12)15(13)17/h1,4-9,11,16-17H,10H2,2H3. The second kappa shape index (κ2) is 4.90. The molecule has 2 nitrogen and oxygen atoms in total. The van der Waals surface area contributed by atoms with Gasteiger partial charge < -0.3 is 5.11 Å². The average molecular weight is 225 g/mol. The molecule has 0 aromatic heterocycles. The fourth-order valence-electron chi connectivity index (χ4n) is 1.94. The van der Waals surface area contributed by atoms with Gasteiger partial charge in [-0.05, 0) is 12.3 Å². The van der Waals surface area contributed by atoms with E-state index in [4.69, 9.17) is 6.42 Å². The summed E-state index contributed by atoms with van der Waals surface area (Å²) < 4.78 is 0. The van der Waals surface area contributed by atoms with Crippen molar-refractivity contribution in [1.29, 1.82) is 0 Å². The van der Waals surface area contributed by atoms with E-state index in [1.54, 1.807) is 0 Å². The largest absolute Gasteiger partial charge is 0.507 e. The molecule has 0 aliphatic carbocycles. The molecule has 0 bridgehead atoms. The summed E-state index contributed by atoms with van der Waals surface area (Å²) in [7, 11) is 0. The molecule has 0 saturated heterocycles. The molecule has 2 aromatic rings. The molecule has 17 heavy (non-hydrogen) atoms. The van der Waals surface area contributed by atoms with Gasteiger partial charge >= 0.3 is 0 Å². The Kier molecular flexibility index (Phi) is 3.32. The van der Waals surface area contributed by atoms with Crippen LogP contribution < -0.4 is 5.32 Å². The summed E-state index contributed by atoms with van der Waals surface area (Å²) in [6.07, 6.45) is 5.21. The van der Waals surface area contributed by atoms with Gasteiger partial charge in [0.15, 0.2) is 0 Å². The quantitative estimate of drug-likeness (QED) is 0.787. The summed E-state index contributed by atoms with van der Waals surface area (Å²) in [5.74, 6) is 2.87. The third-order valence-corrected chi connectivity index (χ3v) is 2.91. The first-order chi connectivity index (χ1) is 8.24. The van der Waals surface area contributed by atoms with Crippen molar-refractivity contribution in [3.8, 4) is 18.1 Å². The third-order valence-electron chi connectivity index (χ3n) is 2.91. The number of phenolic OH excluding ortho intramolecular Hbond substituents is 1. The van der Waals surface area contributed by atoms with Crippen LogP contribution in [-0.2, 0) is 0 Å². The van der Waals surface area contributed by atoms with Crippen LogP contribution in [0.2, 0.25) is 0 Å². The van der Waals surface area contributed by atoms with E-state index in [0.29, 0.717) is 12.3 Å². The maximum Gasteiger partial charge on any atom is 0.128 e. The summed E-state index contributed by atoms with van der Waals surface area (Å²) in [4.78, 5) is 0. The van der Waals surface area contributed by atoms with E-state index in [1.165, 1.54) is 0 Å². The molecular formula is C15H15NO. The zero-order valence-corrected chi connectivity index (χ0v) is 9.77. The van der Waals surface area contributed by atoms with E-state index in [-0.39, 0.29) is 6.04 Å². The number of rotatable bonds is 3. The minimum Gasteiger partial charge on any atom is -0.507 e. The molecule has 0 radical (unpaired) electrons. The van der Waals surface area contributed by atoms with Gasteiger partial charge in [-0.15, -0.1) is 6.42 Å². The van der Waals surface area contributed by atoms with Crippen LogP contribution in [0, 0.1) is 12.3 Å². The van der Waals surface area contributed by atoms with Gasteiger partial charge in [0.25, 0.3) is 0 Å². The number of aromatic hydroxyl groups is 1. The Balaban J connectivity index is 2.42. The normalized spacial score (nSPS) is 12.2. The Hall–Kier alpha value is -1.98. The fourth-order valence-corrected chi connectivity index (χ4v) is 1.94. The Morgan fingerprint density at radius 1 is 1.29 bits per heavy atom. The van der Waals surface area contributed by atoms with E-state index in [2.05, 4.69) is 11.2 Å². The maximum atomic E-state index is 10.2. The third kappa shape index (κ3) is 2.25. The van der Waals surface area contributed by atoms with Crippen LogP contribution in [0.3, 0.4) is 0 Å². The highest BCUT2D eigenvalue weighted by atomic mass is 16.3. The van der Waals surface area contributed by atoms with Gasteiger partial charge in [0.05, 0.1) is 6.54 Å². The van der Waals surface area contributed by atoms with Crippen molar-refractivity contribution in [1.82, 2.24) is 5.32 Å². The molecule has 2 N–H and O–H groups in total. The number of terminal acetylenes is 1. The van der Waals surface area contributed by atoms with Gasteiger partial charge in [0, 0.05) is 17.0 Å². The van der Waals surface area contributed by atoms with Gasteiger partial charge in [-0.2, -0.15) is 0 Å². The number of hydrogen-bond donors (Lipinski definition) is 2. The Morgan fingerprint density at radius 2 is 2.06 bits per heavy atom. The van der Waals surface area contributed by atoms with Gasteiger partial charge in [0.1, 0.15) is 5.75 Å². The molecule has 2 aromatic carbocycles. The molecule has 0 fully saturated rings. The Morgan fingerprint density at radius 3 is 2.82 bits per heavy atom. The summed E-state index contributed by atoms with van der Waals surface area (Å²) in [5, 5.41) is 15.3. The molecule has 0 amide bonds. The number of nitrogens with one attached hydrogen (secondary N) is 1. The van der Waals surface area contributed by atoms with Crippen molar-refractivity contribution in [3.05, 3.63) is 42.0 Å². The lowest BCUT2D eigenvalue weighted by molar-refractivity contribution is 0.462. The topological polar surface area (TPSA) is 32.3 Å². The minimum absolute atomic E-state index is 0.0376. The smallest absolute Gasteiger partial charge is 0.128 e. The van der Waals surface area contributed by atoms with Crippen LogP contribution in [0.1, 0.15) is 18.5 Å². The second-order valence-electron chi connectivity index (χ2n) is 4.03. The lowest BCUT2D eigenvalue weighted by Crippen LogP contribution is -2.18. The second-order valence-corrected chi connectivity index (χ2v) is 4.03. The molecule has 0 saturated carbocycles. The van der Waals surface area contributed by atoms with E-state index in [1.807, 2.05) is 43.3 Å². The lowest BCUT2D eigenvalue weighted by Gasteiger charge is -2.15. The number of fused-ring (bicyclic) bond motifs is 1. The van der Waals surface area contributed by atoms with Crippen LogP contribution in [0.4, 0.5) is 0 Å². The van der Waals surface area contributed by atoms with Crippen molar-refractivity contribution in [2.24, 2.45) is 0 Å². The molecule has 1 atom stereocenters. The molecule has 0 heterocycles. The highest BCUT2D eigenvalue weighted by molar-refractivity contribution is 5.89. The summed E-state index contributed by atoms with van der Waals surface area (Å²) >= 11 is 0. The lowest BCUT2D eigenvalue weighted by atomic mass is 10.0. The molecular weight excluding hydrogens is 210 g/mol. The molecule has 0 aliphatic rings. The first-order valence-corrected chi connectivity index (χ1v) is 5.61. The highest BCUT2D eigenvalue weighted by Gasteiger charge is 2.11. The first-order valence-electron chi connectivity index (χ1n) is 5.61. The highest BCUT2D eigenvalue weighted by Crippen LogP contribution is 2.32. The molecule has 2 rings (SSSR count). The summed E-state index contributed by atoms with van der Waals surface area (Å²) in [6.45, 7) is 2.48. The predicted molar refractivity (Wildman–Crippen MR) is 70.9 cm³/mol. The van der Waals surface area contributed by atoms with E-state index < -0.39 is 0 Å².